The van der Waals surface area contributed by atoms with Gasteiger partial charge < -0.3 is 4.90 Å². The quantitative estimate of drug-likeness (QED) is 0.174. The first-order valence-corrected chi connectivity index (χ1v) is 24.0. The van der Waals surface area contributed by atoms with E-state index in [1.807, 2.05) is 23.5 Å². The molecule has 0 fully saturated rings. The molecule has 0 saturated heterocycles. The van der Waals surface area contributed by atoms with Crippen LogP contribution in [0.5, 0.6) is 0 Å². The Morgan fingerprint density at radius 3 is 1.23 bits per heavy atom. The lowest BCUT2D eigenvalue weighted by molar-refractivity contribution is 0.722. The maximum atomic E-state index is 2.52. The Kier molecular flexibility index (Phi) is 8.05. The Bertz CT molecular complexity index is 3500. The van der Waals surface area contributed by atoms with Gasteiger partial charge in [0, 0.05) is 36.6 Å². The van der Waals surface area contributed by atoms with Crippen LogP contribution in [0.2, 0.25) is 0 Å². The van der Waals surface area contributed by atoms with Gasteiger partial charge in [-0.25, -0.2) is 0 Å². The van der Waals surface area contributed by atoms with Gasteiger partial charge >= 0.3 is 0 Å². The molecule has 0 atom stereocenters. The molecule has 0 radical (unpaired) electrons. The molecule has 65 heavy (non-hydrogen) atoms. The molecule has 0 N–H and O–H groups in total. The van der Waals surface area contributed by atoms with Crippen molar-refractivity contribution >= 4 is 40.6 Å². The molecule has 0 saturated carbocycles. The maximum Gasteiger partial charge on any atom is 0.0736 e. The van der Waals surface area contributed by atoms with E-state index in [0.29, 0.717) is 0 Å². The molecule has 1 nitrogen and oxygen atoms in total. The predicted octanol–water partition coefficient (Wildman–Crippen LogP) is 16.5. The van der Waals surface area contributed by atoms with Crippen LogP contribution < -0.4 is 4.90 Å². The monoisotopic (exact) mass is 861 g/mol. The lowest BCUT2D eigenvalue weighted by Gasteiger charge is -2.40. The summed E-state index contributed by atoms with van der Waals surface area (Å²) >= 11 is 3.78. The number of rotatable bonds is 4. The van der Waals surface area contributed by atoms with Crippen LogP contribution in [0.1, 0.15) is 44.5 Å². The summed E-state index contributed by atoms with van der Waals surface area (Å²) in [6.07, 6.45) is 0. The summed E-state index contributed by atoms with van der Waals surface area (Å²) in [6, 6.07) is 88.9. The molecule has 2 aliphatic carbocycles. The first kappa shape index (κ1) is 37.1. The number of nitrogens with zero attached hydrogens (tertiary/aromatic N) is 1. The fourth-order valence-corrected chi connectivity index (χ4v) is 14.3. The first-order chi connectivity index (χ1) is 32.2. The van der Waals surface area contributed by atoms with E-state index in [2.05, 4.69) is 241 Å². The van der Waals surface area contributed by atoms with Crippen molar-refractivity contribution in [1.29, 1.82) is 0 Å². The van der Waals surface area contributed by atoms with Gasteiger partial charge in [-0.3, -0.25) is 0 Å². The summed E-state index contributed by atoms with van der Waals surface area (Å²) in [5.41, 5.74) is 20.7. The SMILES string of the molecule is c1ccc(-c2cccc(N(c3ccc4c(c3)-c3ccccc3C43c4ccccc4Sc4ccccc43)c3ccc4c(c3)C3(c5ccccc5Sc5ccccc53)c3ccccc3-4)c2)cc1. The maximum absolute atomic E-state index is 2.52. The first-order valence-electron chi connectivity index (χ1n) is 22.4. The summed E-state index contributed by atoms with van der Waals surface area (Å²) in [7, 11) is 0. The Hall–Kier alpha value is -7.30. The van der Waals surface area contributed by atoms with Gasteiger partial charge in [-0.1, -0.05) is 199 Å². The van der Waals surface area contributed by atoms with E-state index in [4.69, 9.17) is 0 Å². The van der Waals surface area contributed by atoms with E-state index < -0.39 is 10.8 Å². The van der Waals surface area contributed by atoms with Crippen LogP contribution in [0.15, 0.2) is 256 Å². The lowest BCUT2D eigenvalue weighted by Crippen LogP contribution is -2.32. The number of benzene rings is 10. The molecule has 304 valence electrons. The lowest BCUT2D eigenvalue weighted by atomic mass is 9.67. The van der Waals surface area contributed by atoms with Gasteiger partial charge in [0.1, 0.15) is 0 Å². The molecule has 10 aromatic rings. The van der Waals surface area contributed by atoms with Crippen molar-refractivity contribution in [2.45, 2.75) is 30.4 Å². The third-order valence-electron chi connectivity index (χ3n) is 14.4. The molecule has 0 bridgehead atoms. The van der Waals surface area contributed by atoms with Crippen LogP contribution in [-0.2, 0) is 10.8 Å². The number of anilines is 3. The minimum atomic E-state index is -0.485. The highest BCUT2D eigenvalue weighted by molar-refractivity contribution is 7.99. The molecule has 0 aromatic heterocycles. The number of fused-ring (bicyclic) bond motifs is 18. The van der Waals surface area contributed by atoms with Gasteiger partial charge in [0.05, 0.1) is 10.8 Å². The normalized spacial score (nSPS) is 14.6. The van der Waals surface area contributed by atoms with Crippen molar-refractivity contribution in [3.63, 3.8) is 0 Å². The van der Waals surface area contributed by atoms with Crippen molar-refractivity contribution in [3.05, 3.63) is 281 Å². The fourth-order valence-electron chi connectivity index (χ4n) is 11.9. The van der Waals surface area contributed by atoms with Crippen LogP contribution in [0.25, 0.3) is 33.4 Å². The van der Waals surface area contributed by atoms with Gasteiger partial charge in [-0.2, -0.15) is 0 Å². The van der Waals surface area contributed by atoms with Crippen molar-refractivity contribution in [2.24, 2.45) is 0 Å². The van der Waals surface area contributed by atoms with Crippen molar-refractivity contribution in [1.82, 2.24) is 0 Å². The molecular formula is C62H39NS2. The van der Waals surface area contributed by atoms with E-state index in [1.54, 1.807) is 0 Å². The van der Waals surface area contributed by atoms with E-state index in [1.165, 1.54) is 97.5 Å². The molecular weight excluding hydrogens is 823 g/mol. The zero-order valence-electron chi connectivity index (χ0n) is 35.3. The van der Waals surface area contributed by atoms with Gasteiger partial charge in [-0.05, 0) is 139 Å². The molecule has 0 unspecified atom stereocenters. The molecule has 2 spiro atoms. The van der Waals surface area contributed by atoms with E-state index in [-0.39, 0.29) is 0 Å². The van der Waals surface area contributed by atoms with E-state index in [0.717, 1.165) is 17.1 Å². The average molecular weight is 862 g/mol. The Morgan fingerprint density at radius 1 is 0.246 bits per heavy atom. The number of hydrogen-bond donors (Lipinski definition) is 0. The average Bonchev–Trinajstić information content (AvgIpc) is 3.82. The Morgan fingerprint density at radius 2 is 0.646 bits per heavy atom. The Labute approximate surface area is 388 Å². The second-order valence-corrected chi connectivity index (χ2v) is 19.7. The van der Waals surface area contributed by atoms with E-state index >= 15 is 0 Å². The summed E-state index contributed by atoms with van der Waals surface area (Å²) in [5.74, 6) is 0. The second-order valence-electron chi connectivity index (χ2n) is 17.5. The summed E-state index contributed by atoms with van der Waals surface area (Å²) in [5, 5.41) is 0. The molecule has 2 aliphatic heterocycles. The van der Waals surface area contributed by atoms with Crippen LogP contribution in [0.4, 0.5) is 17.1 Å². The summed E-state index contributed by atoms with van der Waals surface area (Å²) in [4.78, 5) is 7.75. The van der Waals surface area contributed by atoms with Crippen LogP contribution >= 0.6 is 23.5 Å². The zero-order valence-corrected chi connectivity index (χ0v) is 36.9. The topological polar surface area (TPSA) is 3.24 Å². The molecule has 3 heteroatoms. The molecule has 14 rings (SSSR count). The van der Waals surface area contributed by atoms with Gasteiger partial charge in [0.25, 0.3) is 0 Å². The standard InChI is InChI=1S/C62H39NS2/c1-2-17-40(18-3-1)41-19-16-20-42(37-41)63(43-34-36-51-48(38-43)46-22-5-7-24-50(46)61(51)52-25-8-12-29-57(52)64-58-30-13-9-26-53(58)61)44-33-35-47-45-21-4-6-23-49(45)62(56(47)39-44)54-27-10-14-31-59(54)65-60-32-15-11-28-55(60)62/h1-39H. The summed E-state index contributed by atoms with van der Waals surface area (Å²) < 4.78 is 0. The largest absolute Gasteiger partial charge is 0.310 e. The van der Waals surface area contributed by atoms with Crippen LogP contribution in [0, 0.1) is 0 Å². The minimum absolute atomic E-state index is 0.438. The third-order valence-corrected chi connectivity index (χ3v) is 16.7. The Balaban J connectivity index is 1.04. The number of hydrogen-bond acceptors (Lipinski definition) is 3. The summed E-state index contributed by atoms with van der Waals surface area (Å²) in [6.45, 7) is 0. The molecule has 2 heterocycles. The highest BCUT2D eigenvalue weighted by atomic mass is 32.2. The van der Waals surface area contributed by atoms with Crippen molar-refractivity contribution < 1.29 is 0 Å². The smallest absolute Gasteiger partial charge is 0.0736 e. The van der Waals surface area contributed by atoms with Gasteiger partial charge in [0.2, 0.25) is 0 Å². The van der Waals surface area contributed by atoms with Gasteiger partial charge in [-0.15, -0.1) is 0 Å². The fraction of sp³-hybridized carbons (Fsp3) is 0.0323. The van der Waals surface area contributed by atoms with E-state index in [9.17, 15) is 0 Å². The molecule has 10 aromatic carbocycles. The predicted molar refractivity (Wildman–Crippen MR) is 269 cm³/mol. The zero-order chi connectivity index (χ0) is 42.7. The van der Waals surface area contributed by atoms with Gasteiger partial charge in [0.15, 0.2) is 0 Å². The highest BCUT2D eigenvalue weighted by Gasteiger charge is 2.52. The van der Waals surface area contributed by atoms with Crippen molar-refractivity contribution in [2.75, 3.05) is 4.90 Å². The second kappa shape index (κ2) is 14.1. The van der Waals surface area contributed by atoms with Crippen LogP contribution in [0.3, 0.4) is 0 Å². The minimum Gasteiger partial charge on any atom is -0.310 e. The third kappa shape index (κ3) is 5.08. The van der Waals surface area contributed by atoms with Crippen molar-refractivity contribution in [3.8, 4) is 33.4 Å². The molecule has 0 amide bonds. The highest BCUT2D eigenvalue weighted by Crippen LogP contribution is 2.65. The van der Waals surface area contributed by atoms with Crippen LogP contribution in [-0.4, -0.2) is 0 Å². The molecule has 4 aliphatic rings.